The zero-order valence-electron chi connectivity index (χ0n) is 26.5. The van der Waals surface area contributed by atoms with Crippen molar-refractivity contribution >= 4 is 32.1 Å². The monoisotopic (exact) mass is 671 g/mol. The van der Waals surface area contributed by atoms with E-state index < -0.39 is 21.6 Å². The second-order valence-corrected chi connectivity index (χ2v) is 14.8. The molecule has 2 aliphatic heterocycles. The Kier molecular flexibility index (Phi) is 6.83. The van der Waals surface area contributed by atoms with Gasteiger partial charge in [0.2, 0.25) is 5.95 Å². The number of imidazole rings is 1. The van der Waals surface area contributed by atoms with Crippen LogP contribution in [0.3, 0.4) is 0 Å². The summed E-state index contributed by atoms with van der Waals surface area (Å²) in [4.78, 5) is 18.8. The van der Waals surface area contributed by atoms with E-state index in [9.17, 15) is 18.3 Å². The summed E-state index contributed by atoms with van der Waals surface area (Å²) in [5, 5.41) is 15.7. The minimum absolute atomic E-state index is 0.00969. The fraction of sp³-hybridized carbons (Fsp3) is 0.324. The first-order chi connectivity index (χ1) is 22.9. The molecule has 6 heterocycles. The molecule has 0 spiro atoms. The van der Waals surface area contributed by atoms with E-state index in [2.05, 4.69) is 5.10 Å². The molecule has 9 rings (SSSR count). The fourth-order valence-electron chi connectivity index (χ4n) is 7.41. The molecule has 4 atom stereocenters. The maximum absolute atomic E-state index is 15.9. The van der Waals surface area contributed by atoms with Crippen LogP contribution in [-0.2, 0) is 34.5 Å². The van der Waals surface area contributed by atoms with Crippen molar-refractivity contribution < 1.29 is 22.7 Å². The van der Waals surface area contributed by atoms with Crippen LogP contribution in [0.1, 0.15) is 37.8 Å². The van der Waals surface area contributed by atoms with Crippen molar-refractivity contribution in [2.75, 3.05) is 6.61 Å². The molecule has 3 N–H and O–H groups in total. The zero-order chi connectivity index (χ0) is 33.7. The highest BCUT2D eigenvalue weighted by Crippen LogP contribution is 2.47. The average molecular weight is 672 g/mol. The van der Waals surface area contributed by atoms with Crippen LogP contribution in [0.2, 0.25) is 0 Å². The fourth-order valence-corrected chi connectivity index (χ4v) is 8.92. The molecule has 3 aliphatic rings. The van der Waals surface area contributed by atoms with E-state index in [-0.39, 0.29) is 52.3 Å². The van der Waals surface area contributed by atoms with Gasteiger partial charge in [-0.25, -0.2) is 22.2 Å². The normalized spacial score (nSPS) is 22.9. The molecule has 6 aromatic rings. The first-order valence-corrected chi connectivity index (χ1v) is 17.2. The van der Waals surface area contributed by atoms with Crippen LogP contribution in [-0.4, -0.2) is 60.1 Å². The molecular formula is C34H34FN7O5S. The maximum atomic E-state index is 15.9. The van der Waals surface area contributed by atoms with Crippen molar-refractivity contribution in [3.05, 3.63) is 89.0 Å². The number of benzene rings is 2. The Morgan fingerprint density at radius 3 is 2.50 bits per heavy atom. The van der Waals surface area contributed by atoms with E-state index >= 15 is 4.39 Å². The summed E-state index contributed by atoms with van der Waals surface area (Å²) < 4.78 is 57.0. The summed E-state index contributed by atoms with van der Waals surface area (Å²) in [6, 6.07) is 14.2. The quantitative estimate of drug-likeness (QED) is 0.288. The smallest absolute Gasteiger partial charge is 0.329 e. The van der Waals surface area contributed by atoms with E-state index in [1.54, 1.807) is 68.1 Å². The third kappa shape index (κ3) is 4.43. The van der Waals surface area contributed by atoms with Crippen LogP contribution in [0.5, 0.6) is 0 Å². The summed E-state index contributed by atoms with van der Waals surface area (Å²) in [5.41, 5.74) is 7.42. The van der Waals surface area contributed by atoms with Gasteiger partial charge in [-0.3, -0.25) is 13.8 Å². The van der Waals surface area contributed by atoms with Crippen molar-refractivity contribution in [3.8, 4) is 22.4 Å². The lowest BCUT2D eigenvalue weighted by molar-refractivity contribution is -0.0163. The number of nitrogens with two attached hydrogens (primary N) is 1. The Morgan fingerprint density at radius 2 is 1.81 bits per heavy atom. The molecule has 2 aromatic carbocycles. The summed E-state index contributed by atoms with van der Waals surface area (Å²) >= 11 is 0. The Balaban J connectivity index is 1.60. The van der Waals surface area contributed by atoms with Gasteiger partial charge in [-0.1, -0.05) is 42.5 Å². The number of hydrogen-bond donors (Lipinski definition) is 2. The van der Waals surface area contributed by atoms with Crippen molar-refractivity contribution in [1.29, 1.82) is 0 Å². The molecule has 1 fully saturated rings. The van der Waals surface area contributed by atoms with Gasteiger partial charge in [0.15, 0.2) is 5.65 Å². The molecule has 0 radical (unpaired) electrons. The molecule has 0 amide bonds. The van der Waals surface area contributed by atoms with Crippen molar-refractivity contribution in [3.63, 3.8) is 0 Å². The highest BCUT2D eigenvalue weighted by atomic mass is 32.2. The van der Waals surface area contributed by atoms with Crippen LogP contribution < -0.4 is 11.4 Å². The highest BCUT2D eigenvalue weighted by molar-refractivity contribution is 7.90. The topological polar surface area (TPSA) is 152 Å². The van der Waals surface area contributed by atoms with Gasteiger partial charge in [0, 0.05) is 44.4 Å². The van der Waals surface area contributed by atoms with Crippen LogP contribution in [0, 0.1) is 5.95 Å². The molecule has 1 unspecified atom stereocenters. The molecule has 14 heteroatoms. The van der Waals surface area contributed by atoms with E-state index in [4.69, 9.17) is 15.5 Å². The first-order valence-electron chi connectivity index (χ1n) is 15.7. The Morgan fingerprint density at radius 1 is 1.08 bits per heavy atom. The molecular weight excluding hydrogens is 637 g/mol. The number of aryl methyl sites for hydroxylation is 2. The van der Waals surface area contributed by atoms with Crippen LogP contribution in [0.25, 0.3) is 44.5 Å². The molecule has 4 aromatic heterocycles. The van der Waals surface area contributed by atoms with E-state index in [0.717, 1.165) is 3.97 Å². The number of rotatable bonds is 3. The van der Waals surface area contributed by atoms with Crippen LogP contribution in [0.15, 0.2) is 76.7 Å². The average Bonchev–Trinajstić information content (AvgIpc) is 3.77. The minimum Gasteiger partial charge on any atom is -0.385 e. The minimum atomic E-state index is -4.41. The second kappa shape index (κ2) is 10.7. The number of halogens is 1. The third-order valence-corrected chi connectivity index (χ3v) is 11.6. The number of aliphatic hydroxyl groups is 1. The number of nitrogens with zero attached hydrogens (tertiary/aromatic N) is 6. The third-order valence-electron chi connectivity index (χ3n) is 9.92. The molecule has 48 heavy (non-hydrogen) atoms. The molecule has 248 valence electrons. The Bertz CT molecular complexity index is 2410. The van der Waals surface area contributed by atoms with Gasteiger partial charge in [0.05, 0.1) is 57.1 Å². The molecule has 1 saturated carbocycles. The van der Waals surface area contributed by atoms with Gasteiger partial charge < -0.3 is 15.6 Å². The summed E-state index contributed by atoms with van der Waals surface area (Å²) in [6.45, 7) is 1.96. The summed E-state index contributed by atoms with van der Waals surface area (Å²) in [6.07, 6.45) is 3.69. The lowest BCUT2D eigenvalue weighted by atomic mass is 9.90. The van der Waals surface area contributed by atoms with Gasteiger partial charge >= 0.3 is 5.69 Å². The molecule has 0 saturated heterocycles. The van der Waals surface area contributed by atoms with Crippen molar-refractivity contribution in [2.45, 2.75) is 54.9 Å². The lowest BCUT2D eigenvalue weighted by Gasteiger charge is -2.25. The maximum Gasteiger partial charge on any atom is 0.329 e. The predicted octanol–water partition coefficient (Wildman–Crippen LogP) is 3.79. The lowest BCUT2D eigenvalue weighted by Crippen LogP contribution is -2.33. The van der Waals surface area contributed by atoms with Crippen molar-refractivity contribution in [1.82, 2.24) is 27.9 Å². The predicted molar refractivity (Wildman–Crippen MR) is 177 cm³/mol. The molecule has 4 bridgehead atoms. The van der Waals surface area contributed by atoms with Gasteiger partial charge in [-0.15, -0.1) is 5.10 Å². The van der Waals surface area contributed by atoms with Crippen LogP contribution >= 0.6 is 0 Å². The van der Waals surface area contributed by atoms with Crippen LogP contribution in [0.4, 0.5) is 4.39 Å². The summed E-state index contributed by atoms with van der Waals surface area (Å²) in [5.74, 6) is -0.875. The summed E-state index contributed by atoms with van der Waals surface area (Å²) in [7, 11) is -1.21. The van der Waals surface area contributed by atoms with Gasteiger partial charge in [-0.05, 0) is 43.0 Å². The van der Waals surface area contributed by atoms with Gasteiger partial charge in [-0.2, -0.15) is 4.39 Å². The number of ether oxygens (including phenoxy) is 1. The number of hydrogen-bond acceptors (Lipinski definition) is 8. The number of fused-ring (bicyclic) bond motifs is 5. The van der Waals surface area contributed by atoms with E-state index in [1.165, 1.54) is 33.8 Å². The zero-order valence-corrected chi connectivity index (χ0v) is 27.4. The standard InChI is InChI=1S/C34H34FN7O5S/c1-34(44)13-14-47-26-16-21(15-24(26)36)41-30-25(40(3)33(41)43)17-37-32-28(30)27(19-9-11-20(34)12-10-19)29(23-18-39(2)38-31(23)35)42(32)48(45,46)22-7-5-4-6-8-22/h4-12,17-18,21,24,26,44H,13-16,36H2,1-3H3/t21-,24-,26+,34?/m0/s1. The number of pyridine rings is 1. The highest BCUT2D eigenvalue weighted by Gasteiger charge is 2.39. The largest absolute Gasteiger partial charge is 0.385 e. The molecule has 12 nitrogen and oxygen atoms in total. The van der Waals surface area contributed by atoms with Gasteiger partial charge in [0.1, 0.15) is 0 Å². The molecule has 1 aliphatic carbocycles. The Labute approximate surface area is 274 Å². The van der Waals surface area contributed by atoms with Gasteiger partial charge in [0.25, 0.3) is 10.0 Å². The first kappa shape index (κ1) is 30.7. The van der Waals surface area contributed by atoms with E-state index in [1.807, 2.05) is 0 Å². The number of aromatic nitrogens is 6. The SMILES string of the molecule is Cn1cc(-c2c3c4c(ncc5c4n(c(=O)n5C)[C@H]4C[C@H](N)[C@@H](C4)OCCC(C)(O)c4ccc-3cc4)n2S(=O)(=O)c2ccccc2)c(F)n1. The Hall–Kier alpha value is -4.63. The van der Waals surface area contributed by atoms with E-state index in [0.29, 0.717) is 52.4 Å². The second-order valence-electron chi connectivity index (χ2n) is 13.0. The van der Waals surface area contributed by atoms with Crippen molar-refractivity contribution in [2.24, 2.45) is 19.8 Å².